The number of carbonyl (C=O) groups is 2. The number of hydrogen-bond donors (Lipinski definition) is 1. The molecule has 1 N–H and O–H groups in total. The topological polar surface area (TPSA) is 58.6 Å². The molecule has 2 aromatic rings. The second kappa shape index (κ2) is 11.2. The molecule has 0 bridgehead atoms. The first-order valence-corrected chi connectivity index (χ1v) is 10.3. The lowest BCUT2D eigenvalue weighted by Crippen LogP contribution is -2.50. The number of likely N-dealkylation sites (N-methyl/N-ethyl adjacent to an activating group) is 1. The molecule has 0 saturated carbocycles. The lowest BCUT2D eigenvalue weighted by molar-refractivity contribution is -0.142. The number of para-hydroxylation sites is 1. The van der Waals surface area contributed by atoms with E-state index in [2.05, 4.69) is 19.2 Å². The zero-order valence-corrected chi connectivity index (χ0v) is 17.9. The van der Waals surface area contributed by atoms with Crippen LogP contribution < -0.4 is 10.1 Å². The van der Waals surface area contributed by atoms with Crippen molar-refractivity contribution in [2.24, 2.45) is 0 Å². The molecule has 0 aliphatic heterocycles. The maximum atomic E-state index is 13.1. The first kappa shape index (κ1) is 22.5. The van der Waals surface area contributed by atoms with Crippen molar-refractivity contribution < 1.29 is 14.3 Å². The van der Waals surface area contributed by atoms with E-state index >= 15 is 0 Å². The Hall–Kier alpha value is -2.82. The van der Waals surface area contributed by atoms with Crippen molar-refractivity contribution in [3.05, 3.63) is 65.7 Å². The zero-order chi connectivity index (χ0) is 21.2. The number of carbonyl (C=O) groups excluding carboxylic acids is 2. The van der Waals surface area contributed by atoms with E-state index in [1.807, 2.05) is 68.4 Å². The highest BCUT2D eigenvalue weighted by Gasteiger charge is 2.28. The maximum Gasteiger partial charge on any atom is 0.261 e. The van der Waals surface area contributed by atoms with E-state index in [-0.39, 0.29) is 18.4 Å². The van der Waals surface area contributed by atoms with Gasteiger partial charge in [0.05, 0.1) is 0 Å². The summed E-state index contributed by atoms with van der Waals surface area (Å²) in [6, 6.07) is 16.9. The molecule has 0 aliphatic carbocycles. The van der Waals surface area contributed by atoms with Gasteiger partial charge in [0.15, 0.2) is 6.61 Å². The van der Waals surface area contributed by atoms with Crippen LogP contribution in [-0.2, 0) is 16.1 Å². The molecule has 0 spiro atoms. The highest BCUT2D eigenvalue weighted by Crippen LogP contribution is 2.26. The van der Waals surface area contributed by atoms with Crippen molar-refractivity contribution in [3.63, 3.8) is 0 Å². The lowest BCUT2D eigenvalue weighted by atomic mass is 10.0. The molecule has 2 amide bonds. The Morgan fingerprint density at radius 2 is 1.66 bits per heavy atom. The third-order valence-corrected chi connectivity index (χ3v) is 4.82. The van der Waals surface area contributed by atoms with Gasteiger partial charge in [0, 0.05) is 13.1 Å². The summed E-state index contributed by atoms with van der Waals surface area (Å²) in [7, 11) is 0. The van der Waals surface area contributed by atoms with Crippen molar-refractivity contribution in [3.8, 4) is 5.75 Å². The summed E-state index contributed by atoms with van der Waals surface area (Å²) in [5, 5.41) is 2.84. The van der Waals surface area contributed by atoms with Gasteiger partial charge in [-0.3, -0.25) is 9.59 Å². The molecule has 2 aromatic carbocycles. The Bertz CT molecular complexity index is 790. The van der Waals surface area contributed by atoms with Gasteiger partial charge in [-0.05, 0) is 36.5 Å². The summed E-state index contributed by atoms with van der Waals surface area (Å²) >= 11 is 0. The highest BCUT2D eigenvalue weighted by atomic mass is 16.5. The van der Waals surface area contributed by atoms with Crippen LogP contribution in [0.2, 0.25) is 0 Å². The van der Waals surface area contributed by atoms with Crippen LogP contribution in [0.5, 0.6) is 5.75 Å². The van der Waals surface area contributed by atoms with Gasteiger partial charge in [0.25, 0.3) is 5.91 Å². The molecule has 2 rings (SSSR count). The number of amides is 2. The van der Waals surface area contributed by atoms with Crippen LogP contribution in [0.15, 0.2) is 54.6 Å². The second-order valence-electron chi connectivity index (χ2n) is 7.31. The van der Waals surface area contributed by atoms with Crippen molar-refractivity contribution in [2.45, 2.75) is 52.6 Å². The third-order valence-electron chi connectivity index (χ3n) is 4.82. The standard InChI is InChI=1S/C24H32N2O3/c1-5-21(24(28)25-6-2)26(16-19-12-8-7-9-13-19)23(27)17-29-22-15-11-10-14-20(22)18(3)4/h7-15,18,21H,5-6,16-17H2,1-4H3,(H,25,28). The molecule has 5 heteroatoms. The van der Waals surface area contributed by atoms with E-state index in [0.29, 0.717) is 31.2 Å². The normalized spacial score (nSPS) is 11.8. The Morgan fingerprint density at radius 1 is 1.00 bits per heavy atom. The first-order chi connectivity index (χ1) is 14.0. The SMILES string of the molecule is CCNC(=O)C(CC)N(Cc1ccccc1)C(=O)COc1ccccc1C(C)C. The molecule has 0 aliphatic rings. The largest absolute Gasteiger partial charge is 0.483 e. The number of hydrogen-bond acceptors (Lipinski definition) is 3. The maximum absolute atomic E-state index is 13.1. The highest BCUT2D eigenvalue weighted by molar-refractivity contribution is 5.88. The monoisotopic (exact) mass is 396 g/mol. The van der Waals surface area contributed by atoms with Gasteiger partial charge < -0.3 is 15.0 Å². The van der Waals surface area contributed by atoms with Crippen LogP contribution in [0.1, 0.15) is 51.2 Å². The van der Waals surface area contributed by atoms with Crippen LogP contribution in [0.25, 0.3) is 0 Å². The minimum absolute atomic E-state index is 0.105. The molecule has 0 saturated heterocycles. The van der Waals surface area contributed by atoms with E-state index in [1.165, 1.54) is 0 Å². The summed E-state index contributed by atoms with van der Waals surface area (Å²) in [6.07, 6.45) is 0.535. The molecular weight excluding hydrogens is 364 g/mol. The smallest absolute Gasteiger partial charge is 0.261 e. The summed E-state index contributed by atoms with van der Waals surface area (Å²) in [5.74, 6) is 0.661. The molecule has 0 fully saturated rings. The summed E-state index contributed by atoms with van der Waals surface area (Å²) in [4.78, 5) is 27.3. The van der Waals surface area contributed by atoms with Crippen LogP contribution in [0.4, 0.5) is 0 Å². The van der Waals surface area contributed by atoms with E-state index < -0.39 is 6.04 Å². The zero-order valence-electron chi connectivity index (χ0n) is 17.9. The molecule has 1 unspecified atom stereocenters. The summed E-state index contributed by atoms with van der Waals surface area (Å²) < 4.78 is 5.89. The number of nitrogens with zero attached hydrogens (tertiary/aromatic N) is 1. The van der Waals surface area contributed by atoms with Gasteiger partial charge in [0.1, 0.15) is 11.8 Å². The predicted molar refractivity (Wildman–Crippen MR) is 116 cm³/mol. The van der Waals surface area contributed by atoms with E-state index in [0.717, 1.165) is 11.1 Å². The van der Waals surface area contributed by atoms with E-state index in [4.69, 9.17) is 4.74 Å². The number of ether oxygens (including phenoxy) is 1. The Morgan fingerprint density at radius 3 is 2.28 bits per heavy atom. The molecule has 0 radical (unpaired) electrons. The van der Waals surface area contributed by atoms with Crippen LogP contribution in [0, 0.1) is 0 Å². The predicted octanol–water partition coefficient (Wildman–Crippen LogP) is 4.13. The second-order valence-corrected chi connectivity index (χ2v) is 7.31. The minimum atomic E-state index is -0.536. The lowest BCUT2D eigenvalue weighted by Gasteiger charge is -2.30. The fourth-order valence-corrected chi connectivity index (χ4v) is 3.30. The average Bonchev–Trinajstić information content (AvgIpc) is 2.73. The Kier molecular flexibility index (Phi) is 8.71. The van der Waals surface area contributed by atoms with Gasteiger partial charge in [-0.15, -0.1) is 0 Å². The fraction of sp³-hybridized carbons (Fsp3) is 0.417. The molecule has 29 heavy (non-hydrogen) atoms. The van der Waals surface area contributed by atoms with Crippen LogP contribution in [-0.4, -0.2) is 35.9 Å². The molecule has 0 heterocycles. The Balaban J connectivity index is 2.20. The van der Waals surface area contributed by atoms with Crippen LogP contribution >= 0.6 is 0 Å². The van der Waals surface area contributed by atoms with E-state index in [9.17, 15) is 9.59 Å². The average molecular weight is 397 g/mol. The van der Waals surface area contributed by atoms with Gasteiger partial charge in [-0.1, -0.05) is 69.3 Å². The van der Waals surface area contributed by atoms with Crippen molar-refractivity contribution in [1.29, 1.82) is 0 Å². The van der Waals surface area contributed by atoms with E-state index in [1.54, 1.807) is 4.90 Å². The van der Waals surface area contributed by atoms with Gasteiger partial charge in [-0.25, -0.2) is 0 Å². The van der Waals surface area contributed by atoms with Gasteiger partial charge >= 0.3 is 0 Å². The molecular formula is C24H32N2O3. The first-order valence-electron chi connectivity index (χ1n) is 10.3. The number of benzene rings is 2. The quantitative estimate of drug-likeness (QED) is 0.657. The summed E-state index contributed by atoms with van der Waals surface area (Å²) in [6.45, 7) is 8.76. The van der Waals surface area contributed by atoms with Crippen molar-refractivity contribution in [2.75, 3.05) is 13.2 Å². The van der Waals surface area contributed by atoms with Gasteiger partial charge in [0.2, 0.25) is 5.91 Å². The number of nitrogens with one attached hydrogen (secondary N) is 1. The Labute approximate surface area is 174 Å². The minimum Gasteiger partial charge on any atom is -0.483 e. The third kappa shape index (κ3) is 6.34. The van der Waals surface area contributed by atoms with Crippen LogP contribution in [0.3, 0.4) is 0 Å². The molecule has 5 nitrogen and oxygen atoms in total. The summed E-state index contributed by atoms with van der Waals surface area (Å²) in [5.41, 5.74) is 2.04. The van der Waals surface area contributed by atoms with Gasteiger partial charge in [-0.2, -0.15) is 0 Å². The molecule has 0 aromatic heterocycles. The van der Waals surface area contributed by atoms with Crippen molar-refractivity contribution >= 4 is 11.8 Å². The molecule has 156 valence electrons. The fourth-order valence-electron chi connectivity index (χ4n) is 3.30. The van der Waals surface area contributed by atoms with Crippen molar-refractivity contribution in [1.82, 2.24) is 10.2 Å². The number of rotatable bonds is 10. The molecule has 1 atom stereocenters.